The van der Waals surface area contributed by atoms with Crippen molar-refractivity contribution in [3.05, 3.63) is 51.5 Å². The molecule has 8 heteroatoms. The first-order chi connectivity index (χ1) is 11.4. The molecule has 1 heterocycles. The predicted molar refractivity (Wildman–Crippen MR) is 82.8 cm³/mol. The van der Waals surface area contributed by atoms with Crippen molar-refractivity contribution in [3.8, 4) is 0 Å². The van der Waals surface area contributed by atoms with E-state index in [0.29, 0.717) is 24.3 Å². The Balaban J connectivity index is 1.78. The number of thiazole rings is 1. The molecule has 24 heavy (non-hydrogen) atoms. The second kappa shape index (κ2) is 6.27. The molecule has 0 saturated heterocycles. The Hall–Kier alpha value is -2.35. The maximum absolute atomic E-state index is 14.1. The summed E-state index contributed by atoms with van der Waals surface area (Å²) >= 11 is 1.10. The Morgan fingerprint density at radius 3 is 2.46 bits per heavy atom. The average Bonchev–Trinajstić information content (AvgIpc) is 2.96. The van der Waals surface area contributed by atoms with Gasteiger partial charge in [-0.05, 0) is 25.0 Å². The number of aromatic carboxylic acids is 1. The van der Waals surface area contributed by atoms with Crippen molar-refractivity contribution in [2.45, 2.75) is 31.2 Å². The number of hydrogen-bond donors (Lipinski definition) is 2. The lowest BCUT2D eigenvalue weighted by molar-refractivity contribution is -0.130. The van der Waals surface area contributed by atoms with E-state index in [0.717, 1.165) is 23.5 Å². The van der Waals surface area contributed by atoms with Gasteiger partial charge in [0.2, 0.25) is 5.91 Å². The van der Waals surface area contributed by atoms with Crippen LogP contribution in [0.3, 0.4) is 0 Å². The van der Waals surface area contributed by atoms with Gasteiger partial charge in [0.05, 0.1) is 12.0 Å². The highest BCUT2D eigenvalue weighted by Gasteiger charge is 2.48. The average molecular weight is 352 g/mol. The smallest absolute Gasteiger partial charge is 0.355 e. The molecule has 2 N–H and O–H groups in total. The summed E-state index contributed by atoms with van der Waals surface area (Å²) in [5.41, 5.74) is -1.50. The van der Waals surface area contributed by atoms with Crippen molar-refractivity contribution in [3.63, 3.8) is 0 Å². The molecule has 1 aliphatic rings. The SMILES string of the molecule is O=C(O)c1csc(CNC(=O)C2(c3c(F)cccc3F)CCC2)n1. The van der Waals surface area contributed by atoms with Gasteiger partial charge in [0, 0.05) is 10.9 Å². The van der Waals surface area contributed by atoms with Crippen LogP contribution in [-0.2, 0) is 16.8 Å². The Labute approximate surface area is 140 Å². The number of carbonyl (C=O) groups excluding carboxylic acids is 1. The topological polar surface area (TPSA) is 79.3 Å². The van der Waals surface area contributed by atoms with E-state index in [1.807, 2.05) is 0 Å². The molecule has 1 aromatic carbocycles. The molecule has 1 amide bonds. The summed E-state index contributed by atoms with van der Waals surface area (Å²) in [5, 5.41) is 13.3. The second-order valence-corrected chi connectivity index (χ2v) is 6.59. The standard InChI is InChI=1S/C16H14F2N2O3S/c17-9-3-1-4-10(18)13(9)16(5-2-6-16)15(23)19-7-12-20-11(8-24-12)14(21)22/h1,3-4,8H,2,5-7H2,(H,19,23)(H,21,22). The van der Waals surface area contributed by atoms with Crippen LogP contribution in [-0.4, -0.2) is 22.0 Å². The van der Waals surface area contributed by atoms with E-state index in [1.54, 1.807) is 0 Å². The number of nitrogens with one attached hydrogen (secondary N) is 1. The van der Waals surface area contributed by atoms with Crippen molar-refractivity contribution >= 4 is 23.2 Å². The van der Waals surface area contributed by atoms with Crippen molar-refractivity contribution in [1.29, 1.82) is 0 Å². The van der Waals surface area contributed by atoms with Crippen LogP contribution in [0.5, 0.6) is 0 Å². The zero-order valence-corrected chi connectivity index (χ0v) is 13.3. The molecule has 0 radical (unpaired) electrons. The molecule has 0 unspecified atom stereocenters. The van der Waals surface area contributed by atoms with Crippen LogP contribution in [0.1, 0.15) is 40.3 Å². The number of carboxylic acid groups (broad SMARTS) is 1. The van der Waals surface area contributed by atoms with E-state index in [2.05, 4.69) is 10.3 Å². The van der Waals surface area contributed by atoms with Gasteiger partial charge in [0.25, 0.3) is 0 Å². The number of carboxylic acids is 1. The van der Waals surface area contributed by atoms with Crippen LogP contribution in [0.25, 0.3) is 0 Å². The summed E-state index contributed by atoms with van der Waals surface area (Å²) in [4.78, 5) is 27.3. The van der Waals surface area contributed by atoms with Gasteiger partial charge >= 0.3 is 5.97 Å². The number of rotatable bonds is 5. The molecule has 1 aromatic heterocycles. The third kappa shape index (κ3) is 2.77. The van der Waals surface area contributed by atoms with E-state index in [-0.39, 0.29) is 17.8 Å². The molecule has 1 aliphatic carbocycles. The summed E-state index contributed by atoms with van der Waals surface area (Å²) in [6, 6.07) is 3.55. The lowest BCUT2D eigenvalue weighted by Crippen LogP contribution is -2.50. The van der Waals surface area contributed by atoms with Crippen molar-refractivity contribution in [1.82, 2.24) is 10.3 Å². The highest BCUT2D eigenvalue weighted by Crippen LogP contribution is 2.46. The first-order valence-corrected chi connectivity index (χ1v) is 8.22. The van der Waals surface area contributed by atoms with Gasteiger partial charge in [0.15, 0.2) is 5.69 Å². The maximum Gasteiger partial charge on any atom is 0.355 e. The lowest BCUT2D eigenvalue weighted by Gasteiger charge is -2.40. The third-order valence-electron chi connectivity index (χ3n) is 4.25. The Kier molecular flexibility index (Phi) is 4.31. The maximum atomic E-state index is 14.1. The fourth-order valence-corrected chi connectivity index (χ4v) is 3.60. The first-order valence-electron chi connectivity index (χ1n) is 7.34. The van der Waals surface area contributed by atoms with Crippen LogP contribution >= 0.6 is 11.3 Å². The molecule has 0 atom stereocenters. The van der Waals surface area contributed by atoms with Gasteiger partial charge in [-0.25, -0.2) is 18.6 Å². The minimum absolute atomic E-state index is 0.0224. The molecule has 5 nitrogen and oxygen atoms in total. The molecule has 0 aliphatic heterocycles. The predicted octanol–water partition coefficient (Wildman–Crippen LogP) is 2.86. The van der Waals surface area contributed by atoms with Crippen LogP contribution < -0.4 is 5.32 Å². The first kappa shape index (κ1) is 16.5. The highest BCUT2D eigenvalue weighted by atomic mass is 32.1. The van der Waals surface area contributed by atoms with Gasteiger partial charge in [-0.15, -0.1) is 11.3 Å². The lowest BCUT2D eigenvalue weighted by atomic mass is 9.63. The number of carbonyl (C=O) groups is 2. The van der Waals surface area contributed by atoms with Gasteiger partial charge in [0.1, 0.15) is 16.6 Å². The van der Waals surface area contributed by atoms with Crippen molar-refractivity contribution in [2.75, 3.05) is 0 Å². The van der Waals surface area contributed by atoms with Crippen LogP contribution in [0, 0.1) is 11.6 Å². The molecular weight excluding hydrogens is 338 g/mol. The largest absolute Gasteiger partial charge is 0.476 e. The zero-order chi connectivity index (χ0) is 17.3. The second-order valence-electron chi connectivity index (χ2n) is 5.65. The Morgan fingerprint density at radius 2 is 1.96 bits per heavy atom. The monoisotopic (exact) mass is 352 g/mol. The highest BCUT2D eigenvalue weighted by molar-refractivity contribution is 7.09. The quantitative estimate of drug-likeness (QED) is 0.867. The van der Waals surface area contributed by atoms with E-state index >= 15 is 0 Å². The minimum atomic E-state index is -1.21. The van der Waals surface area contributed by atoms with Crippen LogP contribution in [0.15, 0.2) is 23.6 Å². The van der Waals surface area contributed by atoms with Crippen molar-refractivity contribution < 1.29 is 23.5 Å². The van der Waals surface area contributed by atoms with Gasteiger partial charge in [-0.1, -0.05) is 12.5 Å². The zero-order valence-electron chi connectivity index (χ0n) is 12.5. The third-order valence-corrected chi connectivity index (χ3v) is 5.10. The molecule has 0 bridgehead atoms. The van der Waals surface area contributed by atoms with Gasteiger partial charge in [-0.2, -0.15) is 0 Å². The van der Waals surface area contributed by atoms with E-state index < -0.39 is 28.9 Å². The summed E-state index contributed by atoms with van der Waals surface area (Å²) < 4.78 is 28.2. The molecule has 126 valence electrons. The molecule has 0 spiro atoms. The molecular formula is C16H14F2N2O3S. The number of aromatic nitrogens is 1. The van der Waals surface area contributed by atoms with Crippen molar-refractivity contribution in [2.24, 2.45) is 0 Å². The Morgan fingerprint density at radius 1 is 1.29 bits per heavy atom. The summed E-state index contributed by atoms with van der Waals surface area (Å²) in [6.07, 6.45) is 1.45. The molecule has 3 rings (SSSR count). The van der Waals surface area contributed by atoms with Gasteiger partial charge < -0.3 is 10.4 Å². The molecule has 2 aromatic rings. The fourth-order valence-electron chi connectivity index (χ4n) is 2.89. The summed E-state index contributed by atoms with van der Waals surface area (Å²) in [5.74, 6) is -3.07. The Bertz CT molecular complexity index is 782. The molecule has 1 saturated carbocycles. The van der Waals surface area contributed by atoms with E-state index in [4.69, 9.17) is 5.11 Å². The number of halogens is 2. The number of amides is 1. The van der Waals surface area contributed by atoms with Crippen LogP contribution in [0.4, 0.5) is 8.78 Å². The summed E-state index contributed by atoms with van der Waals surface area (Å²) in [6.45, 7) is 0.0224. The fraction of sp³-hybridized carbons (Fsp3) is 0.312. The number of hydrogen-bond acceptors (Lipinski definition) is 4. The normalized spacial score (nSPS) is 15.6. The van der Waals surface area contributed by atoms with Crippen LogP contribution in [0.2, 0.25) is 0 Å². The van der Waals surface area contributed by atoms with E-state index in [1.165, 1.54) is 11.4 Å². The molecule has 1 fully saturated rings. The minimum Gasteiger partial charge on any atom is -0.476 e. The summed E-state index contributed by atoms with van der Waals surface area (Å²) in [7, 11) is 0. The van der Waals surface area contributed by atoms with Gasteiger partial charge in [-0.3, -0.25) is 4.79 Å². The van der Waals surface area contributed by atoms with E-state index in [9.17, 15) is 18.4 Å². The number of benzene rings is 1. The number of nitrogens with zero attached hydrogens (tertiary/aromatic N) is 1.